The molecule has 3 nitrogen and oxygen atoms in total. The summed E-state index contributed by atoms with van der Waals surface area (Å²) >= 11 is 0. The van der Waals surface area contributed by atoms with Crippen LogP contribution in [0.3, 0.4) is 0 Å². The first-order valence-electron chi connectivity index (χ1n) is 5.15. The molecule has 0 atom stereocenters. The zero-order valence-corrected chi connectivity index (χ0v) is 9.22. The Morgan fingerprint density at radius 1 is 1.11 bits per heavy atom. The van der Waals surface area contributed by atoms with E-state index in [4.69, 9.17) is 10.4 Å². The Morgan fingerprint density at radius 2 is 1.72 bits per heavy atom. The minimum absolute atomic E-state index is 0.354. The highest BCUT2D eigenvalue weighted by Crippen LogP contribution is 2.22. The first kappa shape index (κ1) is 11.8. The zero-order valence-electron chi connectivity index (χ0n) is 9.22. The third-order valence-electron chi connectivity index (χ3n) is 2.55. The first-order chi connectivity index (χ1) is 8.61. The Balaban J connectivity index is 2.42. The van der Waals surface area contributed by atoms with Crippen molar-refractivity contribution in [3.8, 4) is 17.2 Å². The molecule has 2 rings (SSSR count). The van der Waals surface area contributed by atoms with Crippen molar-refractivity contribution in [2.24, 2.45) is 0 Å². The van der Waals surface area contributed by atoms with Crippen LogP contribution in [0.25, 0.3) is 11.1 Å². The molecule has 18 heavy (non-hydrogen) atoms. The molecule has 1 N–H and O–H groups in total. The lowest BCUT2D eigenvalue weighted by Crippen LogP contribution is -2.00. The van der Waals surface area contributed by atoms with Gasteiger partial charge in [0.05, 0.1) is 17.2 Å². The maximum atomic E-state index is 13.5. The number of carbonyl (C=O) groups is 1. The van der Waals surface area contributed by atoms with Crippen LogP contribution in [-0.4, -0.2) is 11.1 Å². The maximum absolute atomic E-state index is 13.5. The summed E-state index contributed by atoms with van der Waals surface area (Å²) in [6, 6.07) is 12.5. The molecule has 0 heterocycles. The van der Waals surface area contributed by atoms with E-state index in [1.807, 2.05) is 6.07 Å². The second-order valence-corrected chi connectivity index (χ2v) is 3.69. The summed E-state index contributed by atoms with van der Waals surface area (Å²) in [5.41, 5.74) is 1.46. The van der Waals surface area contributed by atoms with Gasteiger partial charge in [-0.3, -0.25) is 0 Å². The molecule has 2 aromatic rings. The van der Waals surface area contributed by atoms with Crippen molar-refractivity contribution in [2.75, 3.05) is 0 Å². The average molecular weight is 241 g/mol. The van der Waals surface area contributed by atoms with Crippen LogP contribution in [0.15, 0.2) is 42.5 Å². The molecule has 0 bridgehead atoms. The molecule has 4 heteroatoms. The molecular weight excluding hydrogens is 233 g/mol. The van der Waals surface area contributed by atoms with Gasteiger partial charge in [-0.05, 0) is 35.4 Å². The van der Waals surface area contributed by atoms with E-state index in [1.165, 1.54) is 18.2 Å². The summed E-state index contributed by atoms with van der Waals surface area (Å²) in [6.45, 7) is 0. The second kappa shape index (κ2) is 4.68. The van der Waals surface area contributed by atoms with Crippen LogP contribution >= 0.6 is 0 Å². The summed E-state index contributed by atoms with van der Waals surface area (Å²) in [5, 5.41) is 17.4. The van der Waals surface area contributed by atoms with E-state index in [1.54, 1.807) is 24.3 Å². The molecule has 0 aliphatic rings. The van der Waals surface area contributed by atoms with Gasteiger partial charge in [0.25, 0.3) is 0 Å². The van der Waals surface area contributed by atoms with Gasteiger partial charge in [0, 0.05) is 0 Å². The van der Waals surface area contributed by atoms with Gasteiger partial charge in [-0.15, -0.1) is 0 Å². The van der Waals surface area contributed by atoms with Crippen LogP contribution in [0.5, 0.6) is 0 Å². The molecule has 0 aliphatic heterocycles. The van der Waals surface area contributed by atoms with Crippen molar-refractivity contribution in [1.82, 2.24) is 0 Å². The van der Waals surface area contributed by atoms with Crippen LogP contribution < -0.4 is 0 Å². The minimum Gasteiger partial charge on any atom is -0.478 e. The number of nitrogens with zero attached hydrogens (tertiary/aromatic N) is 1. The van der Waals surface area contributed by atoms with E-state index < -0.39 is 11.8 Å². The number of benzene rings is 2. The number of hydrogen-bond donors (Lipinski definition) is 1. The van der Waals surface area contributed by atoms with Crippen LogP contribution in [0.4, 0.5) is 4.39 Å². The number of carboxylic acids is 1. The summed E-state index contributed by atoms with van der Waals surface area (Å²) in [6.07, 6.45) is 0. The molecular formula is C14H8FNO2. The molecule has 2 aromatic carbocycles. The molecule has 0 unspecified atom stereocenters. The molecule has 0 radical (unpaired) electrons. The SMILES string of the molecule is N#Cc1ccc(-c2ccc(C(=O)O)c(F)c2)cc1. The Morgan fingerprint density at radius 3 is 2.22 bits per heavy atom. The number of rotatable bonds is 2. The van der Waals surface area contributed by atoms with Crippen molar-refractivity contribution in [2.45, 2.75) is 0 Å². The predicted octanol–water partition coefficient (Wildman–Crippen LogP) is 3.06. The quantitative estimate of drug-likeness (QED) is 0.878. The lowest BCUT2D eigenvalue weighted by Gasteiger charge is -2.03. The molecule has 0 aliphatic carbocycles. The fourth-order valence-corrected chi connectivity index (χ4v) is 1.61. The Kier molecular flexibility index (Phi) is 3.07. The van der Waals surface area contributed by atoms with Gasteiger partial charge in [0.2, 0.25) is 0 Å². The third kappa shape index (κ3) is 2.20. The largest absolute Gasteiger partial charge is 0.478 e. The smallest absolute Gasteiger partial charge is 0.338 e. The second-order valence-electron chi connectivity index (χ2n) is 3.69. The normalized spacial score (nSPS) is 9.78. The van der Waals surface area contributed by atoms with E-state index in [0.717, 1.165) is 5.56 Å². The Hall–Kier alpha value is -2.67. The number of carboxylic acid groups (broad SMARTS) is 1. The Labute approximate surface area is 103 Å². The lowest BCUT2D eigenvalue weighted by atomic mass is 10.0. The van der Waals surface area contributed by atoms with Crippen LogP contribution in [0.2, 0.25) is 0 Å². The van der Waals surface area contributed by atoms with Crippen molar-refractivity contribution < 1.29 is 14.3 Å². The van der Waals surface area contributed by atoms with E-state index in [0.29, 0.717) is 11.1 Å². The molecule has 0 saturated heterocycles. The summed E-state index contributed by atoms with van der Waals surface area (Å²) < 4.78 is 13.5. The predicted molar refractivity (Wildman–Crippen MR) is 63.5 cm³/mol. The van der Waals surface area contributed by atoms with Crippen LogP contribution in [-0.2, 0) is 0 Å². The van der Waals surface area contributed by atoms with Crippen LogP contribution in [0, 0.1) is 17.1 Å². The minimum atomic E-state index is -1.29. The summed E-state index contributed by atoms with van der Waals surface area (Å²) in [7, 11) is 0. The van der Waals surface area contributed by atoms with E-state index in [2.05, 4.69) is 0 Å². The fraction of sp³-hybridized carbons (Fsp3) is 0. The standard InChI is InChI=1S/C14H8FNO2/c15-13-7-11(5-6-12(13)14(17)18)10-3-1-9(8-16)2-4-10/h1-7H,(H,17,18). The summed E-state index contributed by atoms with van der Waals surface area (Å²) in [4.78, 5) is 10.7. The highest BCUT2D eigenvalue weighted by molar-refractivity contribution is 5.88. The molecule has 0 aromatic heterocycles. The highest BCUT2D eigenvalue weighted by Gasteiger charge is 2.10. The number of aromatic carboxylic acids is 1. The number of hydrogen-bond acceptors (Lipinski definition) is 2. The average Bonchev–Trinajstić information content (AvgIpc) is 2.38. The first-order valence-corrected chi connectivity index (χ1v) is 5.15. The highest BCUT2D eigenvalue weighted by atomic mass is 19.1. The van der Waals surface area contributed by atoms with Crippen molar-refractivity contribution in [3.63, 3.8) is 0 Å². The molecule has 0 amide bonds. The topological polar surface area (TPSA) is 61.1 Å². The fourth-order valence-electron chi connectivity index (χ4n) is 1.61. The third-order valence-corrected chi connectivity index (χ3v) is 2.55. The maximum Gasteiger partial charge on any atom is 0.338 e. The van der Waals surface area contributed by atoms with Gasteiger partial charge < -0.3 is 5.11 Å². The van der Waals surface area contributed by atoms with Gasteiger partial charge in [0.1, 0.15) is 5.82 Å². The molecule has 0 saturated carbocycles. The van der Waals surface area contributed by atoms with Gasteiger partial charge >= 0.3 is 5.97 Å². The van der Waals surface area contributed by atoms with Crippen molar-refractivity contribution in [1.29, 1.82) is 5.26 Å². The van der Waals surface area contributed by atoms with Gasteiger partial charge in [-0.1, -0.05) is 18.2 Å². The zero-order chi connectivity index (χ0) is 13.1. The lowest BCUT2D eigenvalue weighted by molar-refractivity contribution is 0.0692. The van der Waals surface area contributed by atoms with Crippen molar-refractivity contribution >= 4 is 5.97 Å². The Bertz CT molecular complexity index is 642. The van der Waals surface area contributed by atoms with E-state index >= 15 is 0 Å². The van der Waals surface area contributed by atoms with Gasteiger partial charge in [0.15, 0.2) is 0 Å². The summed E-state index contributed by atoms with van der Waals surface area (Å²) in [5.74, 6) is -2.07. The number of nitriles is 1. The van der Waals surface area contributed by atoms with Gasteiger partial charge in [-0.2, -0.15) is 5.26 Å². The number of halogens is 1. The van der Waals surface area contributed by atoms with Crippen LogP contribution in [0.1, 0.15) is 15.9 Å². The molecule has 0 fully saturated rings. The van der Waals surface area contributed by atoms with E-state index in [9.17, 15) is 9.18 Å². The molecule has 0 spiro atoms. The van der Waals surface area contributed by atoms with Crippen molar-refractivity contribution in [3.05, 3.63) is 59.4 Å². The monoisotopic (exact) mass is 241 g/mol. The van der Waals surface area contributed by atoms with Gasteiger partial charge in [-0.25, -0.2) is 9.18 Å². The van der Waals surface area contributed by atoms with E-state index in [-0.39, 0.29) is 5.56 Å². The molecule has 88 valence electrons.